The van der Waals surface area contributed by atoms with Crippen molar-refractivity contribution in [3.05, 3.63) is 29.6 Å². The van der Waals surface area contributed by atoms with E-state index in [1.54, 1.807) is 0 Å². The summed E-state index contributed by atoms with van der Waals surface area (Å²) < 4.78 is 0. The van der Waals surface area contributed by atoms with Crippen molar-refractivity contribution in [1.29, 1.82) is 0 Å². The van der Waals surface area contributed by atoms with Gasteiger partial charge < -0.3 is 5.32 Å². The van der Waals surface area contributed by atoms with Crippen LogP contribution in [0.1, 0.15) is 31.0 Å². The van der Waals surface area contributed by atoms with Crippen molar-refractivity contribution in [3.8, 4) is 0 Å². The zero-order valence-electron chi connectivity index (χ0n) is 10.5. The molecular weight excluding hydrogens is 214 g/mol. The second-order valence-electron chi connectivity index (χ2n) is 3.90. The molecule has 1 aromatic rings. The quantitative estimate of drug-likeness (QED) is 0.235. The molecule has 0 aliphatic heterocycles. The largest absolute Gasteiger partial charge is 0.355 e. The zero-order chi connectivity index (χ0) is 12.5. The van der Waals surface area contributed by atoms with E-state index in [-0.39, 0.29) is 0 Å². The van der Waals surface area contributed by atoms with E-state index in [4.69, 9.17) is 5.84 Å². The van der Waals surface area contributed by atoms with E-state index in [1.165, 1.54) is 0 Å². The van der Waals surface area contributed by atoms with Gasteiger partial charge in [-0.2, -0.15) is 0 Å². The first-order chi connectivity index (χ1) is 8.26. The summed E-state index contributed by atoms with van der Waals surface area (Å²) in [4.78, 5) is 8.56. The van der Waals surface area contributed by atoms with Crippen molar-refractivity contribution < 1.29 is 0 Å². The minimum Gasteiger partial charge on any atom is -0.355 e. The molecule has 0 saturated heterocycles. The third-order valence-corrected chi connectivity index (χ3v) is 2.35. The molecule has 4 N–H and O–H groups in total. The lowest BCUT2D eigenvalue weighted by Gasteiger charge is -2.08. The van der Waals surface area contributed by atoms with Crippen LogP contribution in [0, 0.1) is 6.92 Å². The summed E-state index contributed by atoms with van der Waals surface area (Å²) in [6.07, 6.45) is 4.08. The number of pyridine rings is 1. The summed E-state index contributed by atoms with van der Waals surface area (Å²) in [5.74, 6) is 6.01. The van der Waals surface area contributed by atoms with E-state index >= 15 is 0 Å². The van der Waals surface area contributed by atoms with Crippen LogP contribution >= 0.6 is 0 Å². The number of hydrogen-bond acceptors (Lipinski definition) is 3. The van der Waals surface area contributed by atoms with Crippen LogP contribution < -0.4 is 16.6 Å². The lowest BCUT2D eigenvalue weighted by molar-refractivity contribution is 0.731. The van der Waals surface area contributed by atoms with E-state index in [2.05, 4.69) is 27.6 Å². The summed E-state index contributed by atoms with van der Waals surface area (Å²) in [7, 11) is 0. The monoisotopic (exact) mass is 235 g/mol. The third kappa shape index (κ3) is 5.31. The highest BCUT2D eigenvalue weighted by molar-refractivity contribution is 5.79. The molecule has 17 heavy (non-hydrogen) atoms. The van der Waals surface area contributed by atoms with Crippen LogP contribution in [0.4, 0.5) is 0 Å². The summed E-state index contributed by atoms with van der Waals surface area (Å²) in [6, 6.07) is 4.00. The molecular formula is C12H21N5. The molecule has 1 heterocycles. The van der Waals surface area contributed by atoms with Crippen molar-refractivity contribution in [2.24, 2.45) is 10.8 Å². The van der Waals surface area contributed by atoms with E-state index < -0.39 is 0 Å². The number of rotatable bonds is 5. The molecule has 0 amide bonds. The molecule has 0 unspecified atom stereocenters. The highest BCUT2D eigenvalue weighted by Gasteiger charge is 1.96. The average molecular weight is 235 g/mol. The maximum absolute atomic E-state index is 5.38. The van der Waals surface area contributed by atoms with Crippen LogP contribution in [-0.2, 0) is 6.54 Å². The van der Waals surface area contributed by atoms with Gasteiger partial charge in [0.25, 0.3) is 0 Å². The summed E-state index contributed by atoms with van der Waals surface area (Å²) >= 11 is 0. The zero-order valence-corrected chi connectivity index (χ0v) is 10.5. The topological polar surface area (TPSA) is 75.3 Å². The molecule has 0 fully saturated rings. The van der Waals surface area contributed by atoms with Crippen LogP contribution in [-0.4, -0.2) is 17.5 Å². The first-order valence-electron chi connectivity index (χ1n) is 5.92. The number of unbranched alkanes of at least 4 members (excludes halogenated alkanes) is 1. The van der Waals surface area contributed by atoms with Gasteiger partial charge in [-0.15, -0.1) is 0 Å². The number of nitrogens with two attached hydrogens (primary N) is 1. The van der Waals surface area contributed by atoms with E-state index in [1.807, 2.05) is 25.3 Å². The highest BCUT2D eigenvalue weighted by atomic mass is 15.3. The van der Waals surface area contributed by atoms with Gasteiger partial charge in [0.1, 0.15) is 0 Å². The molecule has 0 spiro atoms. The van der Waals surface area contributed by atoms with Crippen LogP contribution in [0.5, 0.6) is 0 Å². The number of aliphatic imine (C=N–C) groups is 1. The number of aromatic nitrogens is 1. The Labute approximate surface area is 103 Å². The van der Waals surface area contributed by atoms with Crippen molar-refractivity contribution in [2.45, 2.75) is 33.2 Å². The summed E-state index contributed by atoms with van der Waals surface area (Å²) in [6.45, 7) is 5.57. The fourth-order valence-electron chi connectivity index (χ4n) is 1.30. The number of hydrazine groups is 1. The molecule has 0 radical (unpaired) electrons. The number of nitrogens with zero attached hydrogens (tertiary/aromatic N) is 2. The fraction of sp³-hybridized carbons (Fsp3) is 0.500. The molecule has 1 aromatic heterocycles. The van der Waals surface area contributed by atoms with Gasteiger partial charge in [0.15, 0.2) is 0 Å². The second kappa shape index (κ2) is 7.62. The first-order valence-corrected chi connectivity index (χ1v) is 5.92. The van der Waals surface area contributed by atoms with Crippen molar-refractivity contribution in [2.75, 3.05) is 6.54 Å². The Morgan fingerprint density at radius 2 is 2.29 bits per heavy atom. The average Bonchev–Trinajstić information content (AvgIpc) is 2.35. The predicted octanol–water partition coefficient (Wildman–Crippen LogP) is 1.10. The summed E-state index contributed by atoms with van der Waals surface area (Å²) in [5, 5.41) is 3.15. The molecule has 0 aliphatic carbocycles. The van der Waals surface area contributed by atoms with Crippen LogP contribution in [0.2, 0.25) is 0 Å². The van der Waals surface area contributed by atoms with Crippen molar-refractivity contribution in [3.63, 3.8) is 0 Å². The second-order valence-corrected chi connectivity index (χ2v) is 3.90. The van der Waals surface area contributed by atoms with E-state index in [0.717, 1.165) is 30.6 Å². The molecule has 0 bridgehead atoms. The maximum Gasteiger partial charge on any atom is 0.206 e. The number of aryl methyl sites for hydroxylation is 1. The standard InChI is InChI=1S/C12H21N5/c1-3-4-7-14-12(17-13)16-9-11-6-5-10(2)15-8-11/h5-6,8H,3-4,7,9,13H2,1-2H3,(H2,14,16,17). The molecule has 5 heteroatoms. The molecule has 5 nitrogen and oxygen atoms in total. The Bertz CT molecular complexity index is 344. The van der Waals surface area contributed by atoms with Gasteiger partial charge in [0.05, 0.1) is 6.54 Å². The number of guanidine groups is 1. The molecule has 1 rings (SSSR count). The van der Waals surface area contributed by atoms with Crippen molar-refractivity contribution >= 4 is 5.96 Å². The number of nitrogens with one attached hydrogen (secondary N) is 2. The summed E-state index contributed by atoms with van der Waals surface area (Å²) in [5.41, 5.74) is 4.64. The lowest BCUT2D eigenvalue weighted by Crippen LogP contribution is -2.41. The highest BCUT2D eigenvalue weighted by Crippen LogP contribution is 2.00. The lowest BCUT2D eigenvalue weighted by atomic mass is 10.2. The third-order valence-electron chi connectivity index (χ3n) is 2.35. The Kier molecular flexibility index (Phi) is 6.03. The Balaban J connectivity index is 2.46. The Morgan fingerprint density at radius 1 is 1.47 bits per heavy atom. The fourth-order valence-corrected chi connectivity index (χ4v) is 1.30. The smallest absolute Gasteiger partial charge is 0.206 e. The molecule has 0 aliphatic rings. The predicted molar refractivity (Wildman–Crippen MR) is 70.3 cm³/mol. The molecule has 94 valence electrons. The minimum atomic E-state index is 0.575. The first kappa shape index (κ1) is 13.4. The molecule has 0 aromatic carbocycles. The van der Waals surface area contributed by atoms with Gasteiger partial charge in [-0.1, -0.05) is 19.4 Å². The van der Waals surface area contributed by atoms with Gasteiger partial charge in [0.2, 0.25) is 5.96 Å². The van der Waals surface area contributed by atoms with E-state index in [9.17, 15) is 0 Å². The van der Waals surface area contributed by atoms with Gasteiger partial charge in [-0.3, -0.25) is 10.4 Å². The molecule has 0 atom stereocenters. The van der Waals surface area contributed by atoms with Gasteiger partial charge in [-0.25, -0.2) is 10.8 Å². The Hall–Kier alpha value is -1.62. The number of hydrogen-bond donors (Lipinski definition) is 3. The maximum atomic E-state index is 5.38. The Morgan fingerprint density at radius 3 is 2.88 bits per heavy atom. The van der Waals surface area contributed by atoms with Gasteiger partial charge in [-0.05, 0) is 25.0 Å². The van der Waals surface area contributed by atoms with Crippen molar-refractivity contribution in [1.82, 2.24) is 15.7 Å². The van der Waals surface area contributed by atoms with E-state index in [0.29, 0.717) is 12.5 Å². The van der Waals surface area contributed by atoms with Crippen LogP contribution in [0.25, 0.3) is 0 Å². The van der Waals surface area contributed by atoms with Gasteiger partial charge >= 0.3 is 0 Å². The van der Waals surface area contributed by atoms with Crippen LogP contribution in [0.3, 0.4) is 0 Å². The minimum absolute atomic E-state index is 0.575. The van der Waals surface area contributed by atoms with Gasteiger partial charge in [0, 0.05) is 18.4 Å². The SMILES string of the molecule is CCCCNC(=NCc1ccc(C)nc1)NN. The van der Waals surface area contributed by atoms with Crippen LogP contribution in [0.15, 0.2) is 23.3 Å². The normalized spacial score (nSPS) is 11.4. The molecule has 0 saturated carbocycles.